The Labute approximate surface area is 108 Å². The van der Waals surface area contributed by atoms with Crippen LogP contribution in [0.4, 0.5) is 0 Å². The van der Waals surface area contributed by atoms with Crippen molar-refractivity contribution < 1.29 is 4.74 Å². The zero-order valence-corrected chi connectivity index (χ0v) is 10.4. The van der Waals surface area contributed by atoms with Crippen LogP contribution in [0.15, 0.2) is 54.6 Å². The van der Waals surface area contributed by atoms with Gasteiger partial charge < -0.3 is 10.5 Å². The molecule has 0 spiro atoms. The highest BCUT2D eigenvalue weighted by molar-refractivity contribution is 5.36. The highest BCUT2D eigenvalue weighted by Crippen LogP contribution is 2.23. The molecular weight excluding hydrogens is 222 g/mol. The van der Waals surface area contributed by atoms with Gasteiger partial charge in [0.2, 0.25) is 0 Å². The Balaban J connectivity index is 2.17. The molecule has 0 bridgehead atoms. The fourth-order valence-corrected chi connectivity index (χ4v) is 1.84. The average Bonchev–Trinajstić information content (AvgIpc) is 2.45. The molecule has 18 heavy (non-hydrogen) atoms. The molecule has 0 saturated heterocycles. The molecule has 1 atom stereocenters. The lowest BCUT2D eigenvalue weighted by molar-refractivity contribution is 0.324. The van der Waals surface area contributed by atoms with Crippen molar-refractivity contribution in [1.82, 2.24) is 0 Å². The van der Waals surface area contributed by atoms with E-state index in [1.165, 1.54) is 0 Å². The minimum atomic E-state index is -0.116. The van der Waals surface area contributed by atoms with E-state index >= 15 is 0 Å². The molecule has 1 radical (unpaired) electrons. The van der Waals surface area contributed by atoms with Gasteiger partial charge in [-0.25, -0.2) is 0 Å². The van der Waals surface area contributed by atoms with Gasteiger partial charge in [-0.3, -0.25) is 0 Å². The van der Waals surface area contributed by atoms with E-state index in [2.05, 4.69) is 6.92 Å². The van der Waals surface area contributed by atoms with Gasteiger partial charge in [0.15, 0.2) is 0 Å². The molecule has 0 aliphatic heterocycles. The normalized spacial score (nSPS) is 12.1. The quantitative estimate of drug-likeness (QED) is 0.870. The van der Waals surface area contributed by atoms with Gasteiger partial charge in [-0.2, -0.15) is 0 Å². The monoisotopic (exact) mass is 240 g/mol. The van der Waals surface area contributed by atoms with Crippen molar-refractivity contribution in [3.63, 3.8) is 0 Å². The summed E-state index contributed by atoms with van der Waals surface area (Å²) in [6.07, 6.45) is 0.759. The third kappa shape index (κ3) is 3.11. The molecular formula is C16H18NO. The molecule has 1 unspecified atom stereocenters. The summed E-state index contributed by atoms with van der Waals surface area (Å²) in [6, 6.07) is 17.9. The van der Waals surface area contributed by atoms with Crippen LogP contribution in [0.5, 0.6) is 5.75 Å². The van der Waals surface area contributed by atoms with Crippen LogP contribution < -0.4 is 10.5 Å². The summed E-state index contributed by atoms with van der Waals surface area (Å²) in [7, 11) is 0. The van der Waals surface area contributed by atoms with Crippen LogP contribution in [-0.4, -0.2) is 6.61 Å². The van der Waals surface area contributed by atoms with Crippen molar-refractivity contribution in [3.8, 4) is 5.75 Å². The van der Waals surface area contributed by atoms with E-state index in [1.807, 2.05) is 54.6 Å². The van der Waals surface area contributed by atoms with Crippen molar-refractivity contribution in [1.29, 1.82) is 0 Å². The molecule has 2 rings (SSSR count). The van der Waals surface area contributed by atoms with Gasteiger partial charge in [-0.1, -0.05) is 42.5 Å². The summed E-state index contributed by atoms with van der Waals surface area (Å²) in [6.45, 7) is 4.39. The Morgan fingerprint density at radius 1 is 1.00 bits per heavy atom. The second-order valence-electron chi connectivity index (χ2n) is 4.16. The molecule has 93 valence electrons. The number of rotatable bonds is 5. The highest BCUT2D eigenvalue weighted by atomic mass is 16.5. The molecule has 0 amide bonds. The Bertz CT molecular complexity index is 481. The SMILES string of the molecule is [CH2]CCOc1cccc(C(N)c2ccccc2)c1. The van der Waals surface area contributed by atoms with Crippen LogP contribution >= 0.6 is 0 Å². The Morgan fingerprint density at radius 2 is 1.72 bits per heavy atom. The summed E-state index contributed by atoms with van der Waals surface area (Å²) in [5.41, 5.74) is 8.41. The van der Waals surface area contributed by atoms with Crippen LogP contribution in [-0.2, 0) is 0 Å². The third-order valence-corrected chi connectivity index (χ3v) is 2.79. The van der Waals surface area contributed by atoms with Crippen LogP contribution in [0.2, 0.25) is 0 Å². The van der Waals surface area contributed by atoms with E-state index in [1.54, 1.807) is 0 Å². The van der Waals surface area contributed by atoms with E-state index in [9.17, 15) is 0 Å². The van der Waals surface area contributed by atoms with Crippen molar-refractivity contribution in [2.45, 2.75) is 12.5 Å². The van der Waals surface area contributed by atoms with Crippen LogP contribution in [0.1, 0.15) is 23.6 Å². The van der Waals surface area contributed by atoms with E-state index in [-0.39, 0.29) is 6.04 Å². The molecule has 0 saturated carbocycles. The maximum absolute atomic E-state index is 6.25. The number of hydrogen-bond acceptors (Lipinski definition) is 2. The molecule has 2 heteroatoms. The van der Waals surface area contributed by atoms with E-state index in [0.717, 1.165) is 23.3 Å². The first-order valence-corrected chi connectivity index (χ1v) is 6.14. The van der Waals surface area contributed by atoms with Gasteiger partial charge in [0, 0.05) is 0 Å². The lowest BCUT2D eigenvalue weighted by atomic mass is 10.00. The first-order chi connectivity index (χ1) is 8.81. The Morgan fingerprint density at radius 3 is 2.44 bits per heavy atom. The van der Waals surface area contributed by atoms with Gasteiger partial charge in [0.25, 0.3) is 0 Å². The summed E-state index contributed by atoms with van der Waals surface area (Å²) in [5, 5.41) is 0. The maximum Gasteiger partial charge on any atom is 0.119 e. The summed E-state index contributed by atoms with van der Waals surface area (Å²) in [5.74, 6) is 0.850. The smallest absolute Gasteiger partial charge is 0.119 e. The second-order valence-corrected chi connectivity index (χ2v) is 4.16. The van der Waals surface area contributed by atoms with Crippen molar-refractivity contribution in [2.75, 3.05) is 6.61 Å². The Hall–Kier alpha value is -1.80. The first kappa shape index (κ1) is 12.7. The molecule has 0 heterocycles. The minimum absolute atomic E-state index is 0.116. The molecule has 0 aliphatic rings. The molecule has 0 aliphatic carbocycles. The molecule has 0 aromatic heterocycles. The van der Waals surface area contributed by atoms with E-state index in [0.29, 0.717) is 6.61 Å². The van der Waals surface area contributed by atoms with Gasteiger partial charge in [0.05, 0.1) is 12.6 Å². The summed E-state index contributed by atoms with van der Waals surface area (Å²) >= 11 is 0. The van der Waals surface area contributed by atoms with Gasteiger partial charge in [0.1, 0.15) is 5.75 Å². The summed E-state index contributed by atoms with van der Waals surface area (Å²) < 4.78 is 5.56. The standard InChI is InChI=1S/C16H18NO/c1-2-11-18-15-10-6-9-14(12-15)16(17)13-7-4-3-5-8-13/h3-10,12,16H,1-2,11,17H2. The van der Waals surface area contributed by atoms with Crippen molar-refractivity contribution in [2.24, 2.45) is 5.73 Å². The van der Waals surface area contributed by atoms with E-state index in [4.69, 9.17) is 10.5 Å². The largest absolute Gasteiger partial charge is 0.494 e. The predicted molar refractivity (Wildman–Crippen MR) is 74.4 cm³/mol. The molecule has 2 aromatic carbocycles. The lowest BCUT2D eigenvalue weighted by Crippen LogP contribution is -2.11. The van der Waals surface area contributed by atoms with Crippen LogP contribution in [0.25, 0.3) is 0 Å². The first-order valence-electron chi connectivity index (χ1n) is 6.14. The molecule has 2 N–H and O–H groups in total. The fourth-order valence-electron chi connectivity index (χ4n) is 1.84. The number of hydrogen-bond donors (Lipinski definition) is 1. The van der Waals surface area contributed by atoms with Crippen molar-refractivity contribution in [3.05, 3.63) is 72.6 Å². The van der Waals surface area contributed by atoms with Crippen molar-refractivity contribution >= 4 is 0 Å². The zero-order chi connectivity index (χ0) is 12.8. The number of benzene rings is 2. The maximum atomic E-state index is 6.25. The van der Waals surface area contributed by atoms with Gasteiger partial charge >= 0.3 is 0 Å². The third-order valence-electron chi connectivity index (χ3n) is 2.79. The molecule has 0 fully saturated rings. The minimum Gasteiger partial charge on any atom is -0.494 e. The molecule has 2 nitrogen and oxygen atoms in total. The highest BCUT2D eigenvalue weighted by Gasteiger charge is 2.08. The topological polar surface area (TPSA) is 35.2 Å². The van der Waals surface area contributed by atoms with E-state index < -0.39 is 0 Å². The van der Waals surface area contributed by atoms with Gasteiger partial charge in [-0.05, 0) is 36.6 Å². The number of nitrogens with two attached hydrogens (primary N) is 1. The average molecular weight is 240 g/mol. The second kappa shape index (κ2) is 6.22. The molecule has 2 aromatic rings. The van der Waals surface area contributed by atoms with Gasteiger partial charge in [-0.15, -0.1) is 0 Å². The fraction of sp³-hybridized carbons (Fsp3) is 0.188. The lowest BCUT2D eigenvalue weighted by Gasteiger charge is -2.14. The zero-order valence-electron chi connectivity index (χ0n) is 10.4. The number of ether oxygens (including phenoxy) is 1. The predicted octanol–water partition coefficient (Wildman–Crippen LogP) is 3.34. The summed E-state index contributed by atoms with van der Waals surface area (Å²) in [4.78, 5) is 0. The Kier molecular flexibility index (Phi) is 4.37. The van der Waals surface area contributed by atoms with Crippen LogP contribution in [0, 0.1) is 6.92 Å². The van der Waals surface area contributed by atoms with Crippen LogP contribution in [0.3, 0.4) is 0 Å².